The molecule has 2 heterocycles. The molecule has 88 valence electrons. The van der Waals surface area contributed by atoms with Crippen LogP contribution in [0.3, 0.4) is 0 Å². The van der Waals surface area contributed by atoms with Gasteiger partial charge in [0.1, 0.15) is 18.2 Å². The van der Waals surface area contributed by atoms with E-state index in [-0.39, 0.29) is 5.91 Å². The molecule has 1 atom stereocenters. The molecule has 0 aromatic carbocycles. The van der Waals surface area contributed by atoms with Crippen molar-refractivity contribution in [3.05, 3.63) is 12.5 Å². The Morgan fingerprint density at radius 3 is 3.00 bits per heavy atom. The van der Waals surface area contributed by atoms with Gasteiger partial charge in [0.05, 0.1) is 5.69 Å². The van der Waals surface area contributed by atoms with Gasteiger partial charge in [0.25, 0.3) is 0 Å². The van der Waals surface area contributed by atoms with Crippen LogP contribution in [0.4, 0.5) is 11.4 Å². The van der Waals surface area contributed by atoms with Gasteiger partial charge < -0.3 is 14.6 Å². The maximum atomic E-state index is 11.5. The molecule has 0 fully saturated rings. The summed E-state index contributed by atoms with van der Waals surface area (Å²) < 4.78 is 5.14. The van der Waals surface area contributed by atoms with E-state index in [1.165, 1.54) is 0 Å². The van der Waals surface area contributed by atoms with Crippen LogP contribution >= 0.6 is 0 Å². The highest BCUT2D eigenvalue weighted by molar-refractivity contribution is 5.96. The summed E-state index contributed by atoms with van der Waals surface area (Å²) in [5, 5.41) is 3.41. The second-order valence-corrected chi connectivity index (χ2v) is 4.77. The van der Waals surface area contributed by atoms with Crippen molar-refractivity contribution < 1.29 is 9.21 Å². The second kappa shape index (κ2) is 4.20. The molecule has 4 heteroatoms. The van der Waals surface area contributed by atoms with Crippen LogP contribution in [0.2, 0.25) is 0 Å². The monoisotopic (exact) mass is 222 g/mol. The second-order valence-electron chi connectivity index (χ2n) is 4.77. The Bertz CT molecular complexity index is 384. The number of carbonyl (C=O) groups excluding carboxylic acids is 1. The molecule has 0 spiro atoms. The van der Waals surface area contributed by atoms with Gasteiger partial charge in [0.15, 0.2) is 0 Å². The Morgan fingerprint density at radius 2 is 2.38 bits per heavy atom. The molecule has 16 heavy (non-hydrogen) atoms. The number of nitrogens with zero attached hydrogens (tertiary/aromatic N) is 1. The van der Waals surface area contributed by atoms with Crippen LogP contribution in [0.5, 0.6) is 0 Å². The minimum absolute atomic E-state index is 0.0675. The summed E-state index contributed by atoms with van der Waals surface area (Å²) in [6, 6.07) is 0.314. The topological polar surface area (TPSA) is 45.5 Å². The number of nitrogens with one attached hydrogen (secondary N) is 1. The van der Waals surface area contributed by atoms with Crippen molar-refractivity contribution >= 4 is 17.3 Å². The first kappa shape index (κ1) is 11.0. The molecule has 0 saturated carbocycles. The Labute approximate surface area is 95.6 Å². The third kappa shape index (κ3) is 2.05. The van der Waals surface area contributed by atoms with Crippen LogP contribution in [0.1, 0.15) is 27.2 Å². The number of anilines is 2. The fourth-order valence-corrected chi connectivity index (χ4v) is 2.19. The van der Waals surface area contributed by atoms with Gasteiger partial charge in [0, 0.05) is 19.5 Å². The molecule has 1 aromatic rings. The van der Waals surface area contributed by atoms with E-state index >= 15 is 0 Å². The van der Waals surface area contributed by atoms with Gasteiger partial charge >= 0.3 is 0 Å². The summed E-state index contributed by atoms with van der Waals surface area (Å²) in [6.45, 7) is 6.68. The van der Waals surface area contributed by atoms with Gasteiger partial charge in [-0.25, -0.2) is 0 Å². The van der Waals surface area contributed by atoms with Crippen LogP contribution in [-0.2, 0) is 4.79 Å². The molecule has 0 radical (unpaired) electrons. The zero-order valence-electron chi connectivity index (χ0n) is 9.99. The maximum Gasteiger partial charge on any atom is 0.224 e. The lowest BCUT2D eigenvalue weighted by Crippen LogP contribution is -2.43. The molecule has 0 unspecified atom stereocenters. The van der Waals surface area contributed by atoms with Crippen molar-refractivity contribution in [2.75, 3.05) is 16.8 Å². The molecule has 1 aliphatic rings. The highest BCUT2D eigenvalue weighted by atomic mass is 16.3. The SMILES string of the molecule is CC(=O)N1C[C@@H](CC(C)C)Nc2cocc21. The molecule has 4 nitrogen and oxygen atoms in total. The van der Waals surface area contributed by atoms with E-state index in [9.17, 15) is 4.79 Å². The zero-order chi connectivity index (χ0) is 11.7. The van der Waals surface area contributed by atoms with Crippen molar-refractivity contribution in [2.45, 2.75) is 33.2 Å². The van der Waals surface area contributed by atoms with E-state index in [1.807, 2.05) is 0 Å². The van der Waals surface area contributed by atoms with E-state index in [4.69, 9.17) is 4.42 Å². The zero-order valence-corrected chi connectivity index (χ0v) is 9.99. The van der Waals surface area contributed by atoms with E-state index in [2.05, 4.69) is 19.2 Å². The van der Waals surface area contributed by atoms with Crippen LogP contribution in [-0.4, -0.2) is 18.5 Å². The Kier molecular flexibility index (Phi) is 2.90. The van der Waals surface area contributed by atoms with E-state index in [0.717, 1.165) is 24.3 Å². The lowest BCUT2D eigenvalue weighted by Gasteiger charge is -2.33. The minimum Gasteiger partial charge on any atom is -0.468 e. The minimum atomic E-state index is 0.0675. The number of rotatable bonds is 2. The first-order valence-corrected chi connectivity index (χ1v) is 5.68. The predicted molar refractivity (Wildman–Crippen MR) is 63.6 cm³/mol. The lowest BCUT2D eigenvalue weighted by atomic mass is 10.0. The van der Waals surface area contributed by atoms with Gasteiger partial charge in [-0.15, -0.1) is 0 Å². The molecule has 2 rings (SSSR count). The molecule has 0 aliphatic carbocycles. The maximum absolute atomic E-state index is 11.5. The van der Waals surface area contributed by atoms with E-state index < -0.39 is 0 Å². The Hall–Kier alpha value is -1.45. The van der Waals surface area contributed by atoms with Gasteiger partial charge in [-0.1, -0.05) is 13.8 Å². The molecule has 0 bridgehead atoms. The summed E-state index contributed by atoms with van der Waals surface area (Å²) in [4.78, 5) is 13.3. The van der Waals surface area contributed by atoms with Crippen molar-refractivity contribution in [2.24, 2.45) is 5.92 Å². The standard InChI is InChI=1S/C12H18N2O2/c1-8(2)4-10-5-14(9(3)15)12-7-16-6-11(12)13-10/h6-8,10,13H,4-5H2,1-3H3/t10-/m1/s1. The van der Waals surface area contributed by atoms with Gasteiger partial charge in [-0.3, -0.25) is 4.79 Å². The van der Waals surface area contributed by atoms with Gasteiger partial charge in [0.2, 0.25) is 5.91 Å². The summed E-state index contributed by atoms with van der Waals surface area (Å²) >= 11 is 0. The van der Waals surface area contributed by atoms with Crippen molar-refractivity contribution in [1.29, 1.82) is 0 Å². The largest absolute Gasteiger partial charge is 0.468 e. The first-order valence-electron chi connectivity index (χ1n) is 5.68. The predicted octanol–water partition coefficient (Wildman–Crippen LogP) is 2.47. The fourth-order valence-electron chi connectivity index (χ4n) is 2.19. The number of carbonyl (C=O) groups is 1. The number of hydrogen-bond donors (Lipinski definition) is 1. The van der Waals surface area contributed by atoms with Gasteiger partial charge in [-0.05, 0) is 12.3 Å². The Morgan fingerprint density at radius 1 is 1.62 bits per heavy atom. The van der Waals surface area contributed by atoms with Crippen LogP contribution in [0, 0.1) is 5.92 Å². The van der Waals surface area contributed by atoms with Crippen LogP contribution < -0.4 is 10.2 Å². The molecule has 1 amide bonds. The van der Waals surface area contributed by atoms with E-state index in [1.54, 1.807) is 24.3 Å². The lowest BCUT2D eigenvalue weighted by molar-refractivity contribution is -0.116. The average molecular weight is 222 g/mol. The highest BCUT2D eigenvalue weighted by Gasteiger charge is 2.27. The fraction of sp³-hybridized carbons (Fsp3) is 0.583. The highest BCUT2D eigenvalue weighted by Crippen LogP contribution is 2.33. The summed E-state index contributed by atoms with van der Waals surface area (Å²) in [7, 11) is 0. The average Bonchev–Trinajstić information content (AvgIpc) is 2.62. The summed E-state index contributed by atoms with van der Waals surface area (Å²) in [5.41, 5.74) is 1.78. The molecule has 1 N–H and O–H groups in total. The number of furan rings is 1. The molecular weight excluding hydrogens is 204 g/mol. The number of fused-ring (bicyclic) bond motifs is 1. The van der Waals surface area contributed by atoms with Crippen LogP contribution in [0.15, 0.2) is 16.9 Å². The Balaban J connectivity index is 2.20. The number of hydrogen-bond acceptors (Lipinski definition) is 3. The number of amides is 1. The third-order valence-electron chi connectivity index (χ3n) is 2.83. The van der Waals surface area contributed by atoms with Crippen LogP contribution in [0.25, 0.3) is 0 Å². The smallest absolute Gasteiger partial charge is 0.224 e. The molecule has 0 saturated heterocycles. The third-order valence-corrected chi connectivity index (χ3v) is 2.83. The van der Waals surface area contributed by atoms with Crippen molar-refractivity contribution in [1.82, 2.24) is 0 Å². The van der Waals surface area contributed by atoms with Crippen molar-refractivity contribution in [3.8, 4) is 0 Å². The van der Waals surface area contributed by atoms with E-state index in [0.29, 0.717) is 12.0 Å². The first-order chi connectivity index (χ1) is 7.58. The molecule has 1 aromatic heterocycles. The molecular formula is C12H18N2O2. The summed E-state index contributed by atoms with van der Waals surface area (Å²) in [5.74, 6) is 0.678. The molecule has 1 aliphatic heterocycles. The van der Waals surface area contributed by atoms with Crippen molar-refractivity contribution in [3.63, 3.8) is 0 Å². The van der Waals surface area contributed by atoms with Gasteiger partial charge in [-0.2, -0.15) is 0 Å². The quantitative estimate of drug-likeness (QED) is 0.836. The summed E-state index contributed by atoms with van der Waals surface area (Å²) in [6.07, 6.45) is 4.33. The normalized spacial score (nSPS) is 19.5.